The molecule has 1 aromatic rings. The van der Waals surface area contributed by atoms with E-state index in [2.05, 4.69) is 17.0 Å². The van der Waals surface area contributed by atoms with E-state index in [0.717, 1.165) is 24.9 Å². The number of aromatic nitrogens is 2. The molecule has 1 heterocycles. The van der Waals surface area contributed by atoms with E-state index < -0.39 is 0 Å². The van der Waals surface area contributed by atoms with Crippen LogP contribution in [-0.2, 0) is 18.3 Å². The number of nitrogens with one attached hydrogen (secondary N) is 1. The molecule has 0 aromatic carbocycles. The van der Waals surface area contributed by atoms with Crippen LogP contribution in [0.25, 0.3) is 0 Å². The second-order valence-electron chi connectivity index (χ2n) is 6.00. The van der Waals surface area contributed by atoms with Gasteiger partial charge < -0.3 is 5.32 Å². The van der Waals surface area contributed by atoms with Crippen molar-refractivity contribution in [3.8, 4) is 0 Å². The highest BCUT2D eigenvalue weighted by Crippen LogP contribution is 2.40. The average molecular weight is 275 g/mol. The Balaban J connectivity index is 1.75. The molecule has 1 N–H and O–H groups in total. The van der Waals surface area contributed by atoms with Gasteiger partial charge in [-0.15, -0.1) is 6.58 Å². The van der Waals surface area contributed by atoms with Crippen LogP contribution >= 0.6 is 0 Å². The number of aryl methyl sites for hydroxylation is 2. The van der Waals surface area contributed by atoms with Gasteiger partial charge in [0.15, 0.2) is 0 Å². The first-order valence-electron chi connectivity index (χ1n) is 7.49. The summed E-state index contributed by atoms with van der Waals surface area (Å²) in [7, 11) is 1.89. The third-order valence-corrected chi connectivity index (χ3v) is 4.30. The molecule has 1 fully saturated rings. The summed E-state index contributed by atoms with van der Waals surface area (Å²) in [5, 5.41) is 7.23. The molecule has 20 heavy (non-hydrogen) atoms. The van der Waals surface area contributed by atoms with E-state index in [1.54, 1.807) is 4.68 Å². The number of carbonyl (C=O) groups excluding carboxylic acids is 1. The fourth-order valence-electron chi connectivity index (χ4n) is 3.12. The summed E-state index contributed by atoms with van der Waals surface area (Å²) < 4.78 is 1.77. The fraction of sp³-hybridized carbons (Fsp3) is 0.625. The second kappa shape index (κ2) is 6.73. The normalized spacial score (nSPS) is 17.1. The van der Waals surface area contributed by atoms with E-state index in [0.29, 0.717) is 6.42 Å². The van der Waals surface area contributed by atoms with Gasteiger partial charge in [-0.1, -0.05) is 18.9 Å². The van der Waals surface area contributed by atoms with Gasteiger partial charge in [0.1, 0.15) is 0 Å². The van der Waals surface area contributed by atoms with Crippen LogP contribution in [0, 0.1) is 5.41 Å². The molecule has 0 unspecified atom stereocenters. The fourth-order valence-corrected chi connectivity index (χ4v) is 3.12. The molecule has 0 spiro atoms. The molecule has 1 saturated carbocycles. The maximum atomic E-state index is 12.0. The SMILES string of the molecule is C=CCC1(CNC(=O)CCc2cnn(C)c2)CCCC1. The number of hydrogen-bond acceptors (Lipinski definition) is 2. The number of nitrogens with zero attached hydrogens (tertiary/aromatic N) is 2. The van der Waals surface area contributed by atoms with Crippen molar-refractivity contribution in [1.29, 1.82) is 0 Å². The van der Waals surface area contributed by atoms with Crippen molar-refractivity contribution >= 4 is 5.91 Å². The molecular weight excluding hydrogens is 250 g/mol. The first-order chi connectivity index (χ1) is 9.63. The Morgan fingerprint density at radius 3 is 2.90 bits per heavy atom. The van der Waals surface area contributed by atoms with Gasteiger partial charge in [0.05, 0.1) is 6.20 Å². The second-order valence-corrected chi connectivity index (χ2v) is 6.00. The van der Waals surface area contributed by atoms with E-state index in [4.69, 9.17) is 0 Å². The van der Waals surface area contributed by atoms with Crippen LogP contribution in [0.1, 0.15) is 44.1 Å². The van der Waals surface area contributed by atoms with E-state index in [1.807, 2.05) is 25.5 Å². The third-order valence-electron chi connectivity index (χ3n) is 4.30. The van der Waals surface area contributed by atoms with Gasteiger partial charge in [-0.25, -0.2) is 0 Å². The zero-order valence-corrected chi connectivity index (χ0v) is 12.4. The van der Waals surface area contributed by atoms with Crippen molar-refractivity contribution in [2.75, 3.05) is 6.54 Å². The maximum Gasteiger partial charge on any atom is 0.220 e. The monoisotopic (exact) mass is 275 g/mol. The molecule has 4 heteroatoms. The zero-order chi connectivity index (χ0) is 14.4. The lowest BCUT2D eigenvalue weighted by Gasteiger charge is -2.27. The minimum absolute atomic E-state index is 0.143. The van der Waals surface area contributed by atoms with E-state index in [1.165, 1.54) is 25.7 Å². The first kappa shape index (κ1) is 14.8. The van der Waals surface area contributed by atoms with Gasteiger partial charge >= 0.3 is 0 Å². The highest BCUT2D eigenvalue weighted by atomic mass is 16.1. The smallest absolute Gasteiger partial charge is 0.220 e. The predicted octanol–water partition coefficient (Wildman–Crippen LogP) is 2.61. The Hall–Kier alpha value is -1.58. The number of allylic oxidation sites excluding steroid dienone is 1. The lowest BCUT2D eigenvalue weighted by molar-refractivity contribution is -0.121. The number of carbonyl (C=O) groups is 1. The minimum atomic E-state index is 0.143. The van der Waals surface area contributed by atoms with Gasteiger partial charge in [0, 0.05) is 26.2 Å². The van der Waals surface area contributed by atoms with E-state index in [-0.39, 0.29) is 11.3 Å². The summed E-state index contributed by atoms with van der Waals surface area (Å²) in [6.07, 6.45) is 13.1. The highest BCUT2D eigenvalue weighted by Gasteiger charge is 2.32. The van der Waals surface area contributed by atoms with Crippen molar-refractivity contribution in [1.82, 2.24) is 15.1 Å². The van der Waals surface area contributed by atoms with Crippen LogP contribution < -0.4 is 5.32 Å². The van der Waals surface area contributed by atoms with Crippen LogP contribution in [0.2, 0.25) is 0 Å². The summed E-state index contributed by atoms with van der Waals surface area (Å²) >= 11 is 0. The summed E-state index contributed by atoms with van der Waals surface area (Å²) in [4.78, 5) is 12.0. The third kappa shape index (κ3) is 3.95. The number of hydrogen-bond donors (Lipinski definition) is 1. The summed E-state index contributed by atoms with van der Waals surface area (Å²) in [6.45, 7) is 4.65. The zero-order valence-electron chi connectivity index (χ0n) is 12.4. The van der Waals surface area contributed by atoms with Gasteiger partial charge in [-0.3, -0.25) is 9.48 Å². The lowest BCUT2D eigenvalue weighted by Crippen LogP contribution is -2.35. The molecule has 0 radical (unpaired) electrons. The quantitative estimate of drug-likeness (QED) is 0.778. The van der Waals surface area contributed by atoms with Crippen molar-refractivity contribution in [2.24, 2.45) is 12.5 Å². The van der Waals surface area contributed by atoms with Crippen LogP contribution in [0.3, 0.4) is 0 Å². The molecule has 1 aliphatic rings. The molecule has 0 saturated heterocycles. The van der Waals surface area contributed by atoms with Gasteiger partial charge in [-0.05, 0) is 36.7 Å². The molecule has 1 aromatic heterocycles. The molecule has 4 nitrogen and oxygen atoms in total. The van der Waals surface area contributed by atoms with Gasteiger partial charge in [-0.2, -0.15) is 5.10 Å². The van der Waals surface area contributed by atoms with Crippen LogP contribution in [0.4, 0.5) is 0 Å². The van der Waals surface area contributed by atoms with Gasteiger partial charge in [0.2, 0.25) is 5.91 Å². The number of amides is 1. The molecule has 0 aliphatic heterocycles. The van der Waals surface area contributed by atoms with E-state index in [9.17, 15) is 4.79 Å². The molecule has 1 amide bonds. The topological polar surface area (TPSA) is 46.9 Å². The Kier molecular flexibility index (Phi) is 4.99. The Morgan fingerprint density at radius 1 is 1.55 bits per heavy atom. The number of rotatable bonds is 7. The molecule has 110 valence electrons. The van der Waals surface area contributed by atoms with Crippen molar-refractivity contribution in [3.63, 3.8) is 0 Å². The molecule has 0 bridgehead atoms. The first-order valence-corrected chi connectivity index (χ1v) is 7.49. The minimum Gasteiger partial charge on any atom is -0.356 e. The summed E-state index contributed by atoms with van der Waals surface area (Å²) in [6, 6.07) is 0. The van der Waals surface area contributed by atoms with E-state index >= 15 is 0 Å². The van der Waals surface area contributed by atoms with Crippen molar-refractivity contribution in [2.45, 2.75) is 44.9 Å². The van der Waals surface area contributed by atoms with Crippen LogP contribution in [-0.4, -0.2) is 22.2 Å². The summed E-state index contributed by atoms with van der Waals surface area (Å²) in [5.74, 6) is 0.143. The Bertz CT molecular complexity index is 458. The molecule has 2 rings (SSSR count). The largest absolute Gasteiger partial charge is 0.356 e. The van der Waals surface area contributed by atoms with Crippen molar-refractivity contribution < 1.29 is 4.79 Å². The van der Waals surface area contributed by atoms with Crippen LogP contribution in [0.15, 0.2) is 25.0 Å². The van der Waals surface area contributed by atoms with Crippen LogP contribution in [0.5, 0.6) is 0 Å². The molecular formula is C16H25N3O. The maximum absolute atomic E-state index is 12.0. The average Bonchev–Trinajstić information content (AvgIpc) is 3.04. The van der Waals surface area contributed by atoms with Crippen molar-refractivity contribution in [3.05, 3.63) is 30.6 Å². The van der Waals surface area contributed by atoms with Gasteiger partial charge in [0.25, 0.3) is 0 Å². The lowest BCUT2D eigenvalue weighted by atomic mass is 9.82. The Labute approximate surface area is 121 Å². The summed E-state index contributed by atoms with van der Waals surface area (Å²) in [5.41, 5.74) is 1.38. The molecule has 0 atom stereocenters. The Morgan fingerprint density at radius 2 is 2.30 bits per heavy atom. The highest BCUT2D eigenvalue weighted by molar-refractivity contribution is 5.76. The standard InChI is InChI=1S/C16H25N3O/c1-3-8-16(9-4-5-10-16)13-17-15(20)7-6-14-11-18-19(2)12-14/h3,11-12H,1,4-10,13H2,2H3,(H,17,20). The molecule has 1 aliphatic carbocycles. The predicted molar refractivity (Wildman–Crippen MR) is 80.3 cm³/mol.